The number of rotatable bonds is 1. The lowest BCUT2D eigenvalue weighted by atomic mass is 9.46. The Hall–Kier alpha value is -1.36. The van der Waals surface area contributed by atoms with E-state index in [9.17, 15) is 14.7 Å². The zero-order chi connectivity index (χ0) is 13.3. The molecule has 5 heteroatoms. The lowest BCUT2D eigenvalue weighted by molar-refractivity contribution is -0.137. The molecule has 4 aliphatic rings. The minimum atomic E-state index is -0.591. The summed E-state index contributed by atoms with van der Waals surface area (Å²) in [5.41, 5.74) is -0.894. The molecule has 0 radical (unpaired) electrons. The summed E-state index contributed by atoms with van der Waals surface area (Å²) >= 11 is 0. The zero-order valence-electron chi connectivity index (χ0n) is 10.7. The van der Waals surface area contributed by atoms with Gasteiger partial charge in [-0.25, -0.2) is 4.79 Å². The largest absolute Gasteiger partial charge is 0.390 e. The Balaban J connectivity index is 1.86. The molecular formula is C14H18N2O3. The molecular weight excluding hydrogens is 244 g/mol. The van der Waals surface area contributed by atoms with Gasteiger partial charge >= 0.3 is 5.69 Å². The van der Waals surface area contributed by atoms with Crippen molar-refractivity contribution in [2.24, 2.45) is 11.8 Å². The van der Waals surface area contributed by atoms with Crippen LogP contribution in [0.3, 0.4) is 0 Å². The van der Waals surface area contributed by atoms with Gasteiger partial charge in [-0.15, -0.1) is 0 Å². The Labute approximate surface area is 110 Å². The number of H-pyrrole nitrogens is 2. The summed E-state index contributed by atoms with van der Waals surface area (Å²) in [7, 11) is 0. The minimum absolute atomic E-state index is 0.226. The van der Waals surface area contributed by atoms with Crippen molar-refractivity contribution < 1.29 is 5.11 Å². The van der Waals surface area contributed by atoms with Gasteiger partial charge in [-0.1, -0.05) is 0 Å². The lowest BCUT2D eigenvalue weighted by Gasteiger charge is -2.60. The molecule has 0 amide bonds. The standard InChI is InChI=1S/C14H18N2O3/c17-11-10(6-15-12(18)16-11)13-2-8-1-9(3-13)5-14(19,4-8)7-13/h6,8-9,19H,1-5,7H2,(H2,15,16,17,18). The van der Waals surface area contributed by atoms with E-state index in [1.54, 1.807) is 6.20 Å². The molecule has 4 bridgehead atoms. The van der Waals surface area contributed by atoms with Crippen LogP contribution in [0.1, 0.15) is 44.1 Å². The molecule has 0 aromatic carbocycles. The predicted molar refractivity (Wildman–Crippen MR) is 69.0 cm³/mol. The summed E-state index contributed by atoms with van der Waals surface area (Å²) in [6, 6.07) is 0. The average Bonchev–Trinajstić information content (AvgIpc) is 2.24. The molecule has 2 unspecified atom stereocenters. The highest BCUT2D eigenvalue weighted by Gasteiger charge is 2.58. The van der Waals surface area contributed by atoms with Crippen molar-refractivity contribution >= 4 is 0 Å². The Kier molecular flexibility index (Phi) is 2.05. The molecule has 1 aromatic heterocycles. The summed E-state index contributed by atoms with van der Waals surface area (Å²) in [5, 5.41) is 10.7. The van der Waals surface area contributed by atoms with Crippen molar-refractivity contribution in [2.75, 3.05) is 0 Å². The van der Waals surface area contributed by atoms with Gasteiger partial charge in [-0.05, 0) is 50.4 Å². The van der Waals surface area contributed by atoms with Gasteiger partial charge in [0.05, 0.1) is 5.60 Å². The third-order valence-corrected chi connectivity index (χ3v) is 5.42. The van der Waals surface area contributed by atoms with Gasteiger partial charge in [0.15, 0.2) is 0 Å². The number of hydrogen-bond donors (Lipinski definition) is 3. The van der Waals surface area contributed by atoms with Crippen molar-refractivity contribution in [3.05, 3.63) is 32.6 Å². The normalized spacial score (nSPS) is 43.6. The topological polar surface area (TPSA) is 85.9 Å². The van der Waals surface area contributed by atoms with Gasteiger partial charge in [0, 0.05) is 17.2 Å². The highest BCUT2D eigenvalue weighted by atomic mass is 16.3. The molecule has 0 aliphatic heterocycles. The molecule has 5 nitrogen and oxygen atoms in total. The molecule has 0 saturated heterocycles. The summed E-state index contributed by atoms with van der Waals surface area (Å²) in [6.45, 7) is 0. The van der Waals surface area contributed by atoms with Gasteiger partial charge in [0.2, 0.25) is 0 Å². The number of aromatic amines is 2. The van der Waals surface area contributed by atoms with Crippen LogP contribution in [-0.4, -0.2) is 20.7 Å². The van der Waals surface area contributed by atoms with Crippen LogP contribution in [0.2, 0.25) is 0 Å². The first-order valence-electron chi connectivity index (χ1n) is 7.03. The van der Waals surface area contributed by atoms with E-state index >= 15 is 0 Å². The SMILES string of the molecule is O=c1[nH]cc(C23CC4CC(CC(O)(C4)C2)C3)c(=O)[nH]1. The second kappa shape index (κ2) is 3.39. The summed E-state index contributed by atoms with van der Waals surface area (Å²) < 4.78 is 0. The van der Waals surface area contributed by atoms with Gasteiger partial charge in [0.1, 0.15) is 0 Å². The third kappa shape index (κ3) is 1.57. The fourth-order valence-electron chi connectivity index (χ4n) is 5.33. The van der Waals surface area contributed by atoms with Crippen LogP contribution in [0.25, 0.3) is 0 Å². The van der Waals surface area contributed by atoms with E-state index in [0.29, 0.717) is 23.8 Å². The highest BCUT2D eigenvalue weighted by molar-refractivity contribution is 5.26. The molecule has 5 rings (SSSR count). The van der Waals surface area contributed by atoms with Crippen LogP contribution in [0.5, 0.6) is 0 Å². The van der Waals surface area contributed by atoms with Crippen molar-refractivity contribution in [1.82, 2.24) is 9.97 Å². The van der Waals surface area contributed by atoms with Gasteiger partial charge < -0.3 is 10.1 Å². The molecule has 4 saturated carbocycles. The first-order valence-corrected chi connectivity index (χ1v) is 7.03. The molecule has 4 fully saturated rings. The summed E-state index contributed by atoms with van der Waals surface area (Å²) in [6.07, 6.45) is 7.13. The van der Waals surface area contributed by atoms with E-state index in [2.05, 4.69) is 9.97 Å². The van der Waals surface area contributed by atoms with Crippen molar-refractivity contribution in [3.63, 3.8) is 0 Å². The maximum Gasteiger partial charge on any atom is 0.325 e. The first-order chi connectivity index (χ1) is 8.98. The molecule has 2 atom stereocenters. The molecule has 102 valence electrons. The van der Waals surface area contributed by atoms with Crippen molar-refractivity contribution in [1.29, 1.82) is 0 Å². The smallest absolute Gasteiger partial charge is 0.325 e. The molecule has 1 aromatic rings. The maximum absolute atomic E-state index is 12.1. The Morgan fingerprint density at radius 3 is 2.42 bits per heavy atom. The van der Waals surface area contributed by atoms with Crippen LogP contribution in [0, 0.1) is 11.8 Å². The fraction of sp³-hybridized carbons (Fsp3) is 0.714. The van der Waals surface area contributed by atoms with Crippen LogP contribution < -0.4 is 11.2 Å². The Morgan fingerprint density at radius 2 is 1.84 bits per heavy atom. The van der Waals surface area contributed by atoms with Crippen LogP contribution in [-0.2, 0) is 5.41 Å². The molecule has 4 aliphatic carbocycles. The average molecular weight is 262 g/mol. The molecule has 1 heterocycles. The number of aliphatic hydroxyl groups is 1. The van der Waals surface area contributed by atoms with Gasteiger partial charge in [-0.3, -0.25) is 9.78 Å². The minimum Gasteiger partial charge on any atom is -0.390 e. The Morgan fingerprint density at radius 1 is 1.16 bits per heavy atom. The van der Waals surface area contributed by atoms with E-state index in [4.69, 9.17) is 0 Å². The molecule has 0 spiro atoms. The van der Waals surface area contributed by atoms with Gasteiger partial charge in [0.25, 0.3) is 5.56 Å². The number of aromatic nitrogens is 2. The Bertz CT molecular complexity index is 631. The zero-order valence-corrected chi connectivity index (χ0v) is 10.7. The lowest BCUT2D eigenvalue weighted by Crippen LogP contribution is -2.58. The van der Waals surface area contributed by atoms with Crippen molar-refractivity contribution in [3.8, 4) is 0 Å². The number of hydrogen-bond acceptors (Lipinski definition) is 3. The van der Waals surface area contributed by atoms with Gasteiger partial charge in [-0.2, -0.15) is 0 Å². The van der Waals surface area contributed by atoms with E-state index < -0.39 is 11.3 Å². The van der Waals surface area contributed by atoms with Crippen LogP contribution >= 0.6 is 0 Å². The van der Waals surface area contributed by atoms with Crippen LogP contribution in [0.15, 0.2) is 15.8 Å². The number of nitrogens with one attached hydrogen (secondary N) is 2. The monoisotopic (exact) mass is 262 g/mol. The van der Waals surface area contributed by atoms with Crippen molar-refractivity contribution in [2.45, 2.75) is 49.5 Å². The highest BCUT2D eigenvalue weighted by Crippen LogP contribution is 2.61. The second-order valence-electron chi connectivity index (χ2n) is 6.95. The van der Waals surface area contributed by atoms with E-state index in [0.717, 1.165) is 25.7 Å². The fourth-order valence-corrected chi connectivity index (χ4v) is 5.33. The molecule has 19 heavy (non-hydrogen) atoms. The summed E-state index contributed by atoms with van der Waals surface area (Å²) in [4.78, 5) is 28.2. The second-order valence-corrected chi connectivity index (χ2v) is 6.95. The maximum atomic E-state index is 12.1. The van der Waals surface area contributed by atoms with E-state index in [-0.39, 0.29) is 11.0 Å². The predicted octanol–water partition coefficient (Wildman–Crippen LogP) is 0.646. The third-order valence-electron chi connectivity index (χ3n) is 5.42. The van der Waals surface area contributed by atoms with Crippen LogP contribution in [0.4, 0.5) is 0 Å². The quantitative estimate of drug-likeness (QED) is 0.694. The summed E-state index contributed by atoms with van der Waals surface area (Å²) in [5.74, 6) is 1.05. The molecule has 3 N–H and O–H groups in total. The first kappa shape index (κ1) is 11.5. The van der Waals surface area contributed by atoms with E-state index in [1.165, 1.54) is 6.42 Å². The van der Waals surface area contributed by atoms with E-state index in [1.807, 2.05) is 0 Å².